The molecule has 0 saturated heterocycles. The second-order valence-corrected chi connectivity index (χ2v) is 6.53. The number of hydrogen-bond acceptors (Lipinski definition) is 1. The fourth-order valence-corrected chi connectivity index (χ4v) is 3.08. The molecule has 122 valence electrons. The van der Waals surface area contributed by atoms with Crippen molar-refractivity contribution < 1.29 is 13.2 Å². The highest BCUT2D eigenvalue weighted by atomic mass is 19.4. The van der Waals surface area contributed by atoms with E-state index in [0.29, 0.717) is 18.4 Å². The summed E-state index contributed by atoms with van der Waals surface area (Å²) in [5, 5.41) is 0. The van der Waals surface area contributed by atoms with Crippen LogP contribution in [0.3, 0.4) is 0 Å². The molecule has 2 fully saturated rings. The molecule has 1 aromatic heterocycles. The van der Waals surface area contributed by atoms with Crippen molar-refractivity contribution in [3.05, 3.63) is 51.9 Å². The standard InChI is InChI=1S/C17H17F3N2O/c18-17(19,20)13-3-1-2-4-14(13)22-16(23)9-15(12-7-8-12)21(22)10-11-5-6-11/h1-4,9,11-12H,5-8,10H2. The molecule has 0 bridgehead atoms. The first kappa shape index (κ1) is 14.6. The van der Waals surface area contributed by atoms with Gasteiger partial charge in [0, 0.05) is 24.2 Å². The Morgan fingerprint density at radius 3 is 2.39 bits per heavy atom. The topological polar surface area (TPSA) is 26.9 Å². The highest BCUT2D eigenvalue weighted by Gasteiger charge is 2.36. The van der Waals surface area contributed by atoms with Crippen LogP contribution in [0.15, 0.2) is 35.1 Å². The molecule has 0 radical (unpaired) electrons. The first-order valence-electron chi connectivity index (χ1n) is 7.94. The Kier molecular flexibility index (Phi) is 3.18. The van der Waals surface area contributed by atoms with Gasteiger partial charge in [-0.25, -0.2) is 4.68 Å². The van der Waals surface area contributed by atoms with Gasteiger partial charge < -0.3 is 0 Å². The normalized spacial score (nSPS) is 18.4. The lowest BCUT2D eigenvalue weighted by Crippen LogP contribution is -2.25. The predicted octanol–water partition coefficient (Wildman–Crippen LogP) is 3.95. The third kappa shape index (κ3) is 2.71. The van der Waals surface area contributed by atoms with Gasteiger partial charge >= 0.3 is 6.18 Å². The Bertz CT molecular complexity index is 795. The van der Waals surface area contributed by atoms with E-state index in [9.17, 15) is 18.0 Å². The molecule has 0 atom stereocenters. The summed E-state index contributed by atoms with van der Waals surface area (Å²) < 4.78 is 43.0. The summed E-state index contributed by atoms with van der Waals surface area (Å²) in [5.41, 5.74) is -0.319. The summed E-state index contributed by atoms with van der Waals surface area (Å²) in [6, 6.07) is 6.83. The molecular formula is C17H17F3N2O. The molecule has 2 aromatic rings. The number of alkyl halides is 3. The van der Waals surface area contributed by atoms with Crippen LogP contribution in [0.4, 0.5) is 13.2 Å². The van der Waals surface area contributed by atoms with Crippen molar-refractivity contribution in [2.45, 2.75) is 44.3 Å². The van der Waals surface area contributed by atoms with E-state index in [-0.39, 0.29) is 11.2 Å². The Hall–Kier alpha value is -1.98. The third-order valence-corrected chi connectivity index (χ3v) is 4.58. The van der Waals surface area contributed by atoms with Crippen molar-refractivity contribution in [1.29, 1.82) is 0 Å². The van der Waals surface area contributed by atoms with Crippen LogP contribution in [-0.4, -0.2) is 9.36 Å². The molecule has 2 aliphatic rings. The van der Waals surface area contributed by atoms with Gasteiger partial charge in [0.15, 0.2) is 0 Å². The summed E-state index contributed by atoms with van der Waals surface area (Å²) in [5.74, 6) is 0.796. The SMILES string of the molecule is O=c1cc(C2CC2)n(CC2CC2)n1-c1ccccc1C(F)(F)F. The zero-order valence-corrected chi connectivity index (χ0v) is 12.5. The molecule has 0 amide bonds. The number of aromatic nitrogens is 2. The smallest absolute Gasteiger partial charge is 0.281 e. The molecule has 1 aromatic carbocycles. The van der Waals surface area contributed by atoms with Crippen molar-refractivity contribution in [2.75, 3.05) is 0 Å². The van der Waals surface area contributed by atoms with Crippen LogP contribution >= 0.6 is 0 Å². The van der Waals surface area contributed by atoms with Crippen molar-refractivity contribution in [2.24, 2.45) is 5.92 Å². The average molecular weight is 322 g/mol. The minimum absolute atomic E-state index is 0.0717. The minimum Gasteiger partial charge on any atom is -0.281 e. The van der Waals surface area contributed by atoms with Gasteiger partial charge in [0.1, 0.15) is 0 Å². The van der Waals surface area contributed by atoms with Crippen LogP contribution in [-0.2, 0) is 12.7 Å². The first-order valence-corrected chi connectivity index (χ1v) is 7.94. The Balaban J connectivity index is 1.90. The maximum Gasteiger partial charge on any atom is 0.418 e. The largest absolute Gasteiger partial charge is 0.418 e. The van der Waals surface area contributed by atoms with E-state index in [0.717, 1.165) is 37.4 Å². The number of benzene rings is 1. The van der Waals surface area contributed by atoms with Crippen LogP contribution in [0.2, 0.25) is 0 Å². The molecule has 0 N–H and O–H groups in total. The monoisotopic (exact) mass is 322 g/mol. The molecule has 3 nitrogen and oxygen atoms in total. The van der Waals surface area contributed by atoms with Gasteiger partial charge in [-0.15, -0.1) is 0 Å². The van der Waals surface area contributed by atoms with Crippen molar-refractivity contribution in [3.63, 3.8) is 0 Å². The van der Waals surface area contributed by atoms with Crippen molar-refractivity contribution in [1.82, 2.24) is 9.36 Å². The van der Waals surface area contributed by atoms with Crippen LogP contribution in [0.5, 0.6) is 0 Å². The second-order valence-electron chi connectivity index (χ2n) is 6.53. The van der Waals surface area contributed by atoms with E-state index in [1.54, 1.807) is 10.7 Å². The summed E-state index contributed by atoms with van der Waals surface area (Å²) in [6.07, 6.45) is -0.302. The number of nitrogens with zero attached hydrogens (tertiary/aromatic N) is 2. The van der Waals surface area contributed by atoms with Crippen LogP contribution in [0, 0.1) is 5.92 Å². The number of para-hydroxylation sites is 1. The Labute approximate surface area is 131 Å². The van der Waals surface area contributed by atoms with Gasteiger partial charge in [-0.2, -0.15) is 13.2 Å². The van der Waals surface area contributed by atoms with E-state index in [2.05, 4.69) is 0 Å². The van der Waals surface area contributed by atoms with Gasteiger partial charge in [-0.1, -0.05) is 12.1 Å². The zero-order chi connectivity index (χ0) is 16.2. The average Bonchev–Trinajstić information content (AvgIpc) is 3.38. The molecule has 1 heterocycles. The number of hydrogen-bond donors (Lipinski definition) is 0. The lowest BCUT2D eigenvalue weighted by molar-refractivity contribution is -0.137. The molecule has 23 heavy (non-hydrogen) atoms. The maximum atomic E-state index is 13.3. The van der Waals surface area contributed by atoms with Gasteiger partial charge in [0.05, 0.1) is 11.3 Å². The summed E-state index contributed by atoms with van der Waals surface area (Å²) in [7, 11) is 0. The van der Waals surface area contributed by atoms with Crippen LogP contribution in [0.1, 0.15) is 42.9 Å². The molecule has 0 spiro atoms. The highest BCUT2D eigenvalue weighted by Crippen LogP contribution is 2.42. The van der Waals surface area contributed by atoms with E-state index in [4.69, 9.17) is 0 Å². The number of halogens is 3. The summed E-state index contributed by atoms with van der Waals surface area (Å²) in [6.45, 7) is 0.625. The van der Waals surface area contributed by atoms with Crippen LogP contribution < -0.4 is 5.56 Å². The van der Waals surface area contributed by atoms with Gasteiger partial charge in [-0.3, -0.25) is 9.48 Å². The lowest BCUT2D eigenvalue weighted by Gasteiger charge is -2.18. The van der Waals surface area contributed by atoms with E-state index < -0.39 is 11.7 Å². The van der Waals surface area contributed by atoms with Crippen LogP contribution in [0.25, 0.3) is 5.69 Å². The van der Waals surface area contributed by atoms with Gasteiger partial charge in [0.2, 0.25) is 0 Å². The van der Waals surface area contributed by atoms with Crippen molar-refractivity contribution >= 4 is 0 Å². The molecule has 0 aliphatic heterocycles. The molecular weight excluding hydrogens is 305 g/mol. The Morgan fingerprint density at radius 1 is 1.09 bits per heavy atom. The fraction of sp³-hybridized carbons (Fsp3) is 0.471. The number of rotatable bonds is 4. The highest BCUT2D eigenvalue weighted by molar-refractivity contribution is 5.43. The maximum absolute atomic E-state index is 13.3. The lowest BCUT2D eigenvalue weighted by atomic mass is 10.1. The molecule has 6 heteroatoms. The zero-order valence-electron chi connectivity index (χ0n) is 12.5. The molecule has 0 unspecified atom stereocenters. The molecule has 2 saturated carbocycles. The third-order valence-electron chi connectivity index (χ3n) is 4.58. The van der Waals surface area contributed by atoms with Gasteiger partial charge in [-0.05, 0) is 43.7 Å². The van der Waals surface area contributed by atoms with E-state index in [1.165, 1.54) is 22.9 Å². The summed E-state index contributed by atoms with van der Waals surface area (Å²) in [4.78, 5) is 12.4. The van der Waals surface area contributed by atoms with Gasteiger partial charge in [0.25, 0.3) is 5.56 Å². The Morgan fingerprint density at radius 2 is 1.78 bits per heavy atom. The second kappa shape index (κ2) is 5.01. The minimum atomic E-state index is -4.48. The predicted molar refractivity (Wildman–Crippen MR) is 79.7 cm³/mol. The quantitative estimate of drug-likeness (QED) is 0.837. The molecule has 4 rings (SSSR count). The first-order chi connectivity index (χ1) is 10.9. The molecule has 2 aliphatic carbocycles. The van der Waals surface area contributed by atoms with E-state index >= 15 is 0 Å². The van der Waals surface area contributed by atoms with E-state index in [1.807, 2.05) is 0 Å². The fourth-order valence-electron chi connectivity index (χ4n) is 3.08. The summed E-state index contributed by atoms with van der Waals surface area (Å²) >= 11 is 0. The van der Waals surface area contributed by atoms with Crippen molar-refractivity contribution in [3.8, 4) is 5.69 Å².